The van der Waals surface area contributed by atoms with Crippen molar-refractivity contribution in [2.24, 2.45) is 0 Å². The minimum Gasteiger partial charge on any atom is -0.399 e. The lowest BCUT2D eigenvalue weighted by molar-refractivity contribution is -0.384. The molecule has 0 aliphatic carbocycles. The molecule has 0 radical (unpaired) electrons. The van der Waals surface area contributed by atoms with Crippen LogP contribution in [-0.2, 0) is 0 Å². The van der Waals surface area contributed by atoms with Crippen LogP contribution in [0, 0.1) is 10.1 Å². The highest BCUT2D eigenvalue weighted by atomic mass is 35.5. The maximum absolute atomic E-state index is 10.8. The van der Waals surface area contributed by atoms with E-state index >= 15 is 0 Å². The van der Waals surface area contributed by atoms with Gasteiger partial charge in [-0.3, -0.25) is 10.1 Å². The van der Waals surface area contributed by atoms with Gasteiger partial charge in [0.05, 0.1) is 21.8 Å². The van der Waals surface area contributed by atoms with Crippen molar-refractivity contribution in [1.29, 1.82) is 0 Å². The molecule has 7 nitrogen and oxygen atoms in total. The molecular weight excluding hydrogens is 306 g/mol. The molecule has 0 amide bonds. The third-order valence-corrected chi connectivity index (χ3v) is 3.37. The van der Waals surface area contributed by atoms with Crippen molar-refractivity contribution in [2.45, 2.75) is 0 Å². The topological polar surface area (TPSA) is 99.9 Å². The average Bonchev–Trinajstić information content (AvgIpc) is 2.97. The number of hydrogen-bond donors (Lipinski definition) is 1. The number of aromatic nitrogens is 3. The van der Waals surface area contributed by atoms with Crippen molar-refractivity contribution in [1.82, 2.24) is 15.0 Å². The number of hydrogen-bond acceptors (Lipinski definition) is 5. The molecule has 3 rings (SSSR count). The van der Waals surface area contributed by atoms with Crippen LogP contribution in [0.5, 0.6) is 0 Å². The minimum absolute atomic E-state index is 0.00225. The van der Waals surface area contributed by atoms with Crippen molar-refractivity contribution in [2.75, 3.05) is 5.73 Å². The van der Waals surface area contributed by atoms with Gasteiger partial charge in [-0.1, -0.05) is 28.9 Å². The van der Waals surface area contributed by atoms with Gasteiger partial charge < -0.3 is 5.73 Å². The Balaban J connectivity index is 2.00. The quantitative estimate of drug-likeness (QED) is 0.455. The first-order valence-electron chi connectivity index (χ1n) is 6.27. The SMILES string of the molecule is Nc1ccc(-n2cc(-c3cccc([N+](=O)[O-])c3)nn2)c(Cl)c1. The molecule has 0 aliphatic heterocycles. The van der Waals surface area contributed by atoms with Crippen molar-refractivity contribution >= 4 is 23.0 Å². The summed E-state index contributed by atoms with van der Waals surface area (Å²) in [5, 5.41) is 19.3. The maximum atomic E-state index is 10.8. The van der Waals surface area contributed by atoms with Crippen LogP contribution in [0.4, 0.5) is 11.4 Å². The molecule has 8 heteroatoms. The van der Waals surface area contributed by atoms with E-state index in [1.165, 1.54) is 16.8 Å². The van der Waals surface area contributed by atoms with E-state index in [1.807, 2.05) is 0 Å². The van der Waals surface area contributed by atoms with Crippen LogP contribution in [-0.4, -0.2) is 19.9 Å². The van der Waals surface area contributed by atoms with Crippen LogP contribution in [0.15, 0.2) is 48.7 Å². The summed E-state index contributed by atoms with van der Waals surface area (Å²) in [5.41, 5.74) is 7.94. The van der Waals surface area contributed by atoms with Crippen molar-refractivity contribution in [3.8, 4) is 16.9 Å². The Morgan fingerprint density at radius 1 is 1.23 bits per heavy atom. The molecule has 0 saturated heterocycles. The summed E-state index contributed by atoms with van der Waals surface area (Å²) in [7, 11) is 0. The Kier molecular flexibility index (Phi) is 3.48. The lowest BCUT2D eigenvalue weighted by atomic mass is 10.1. The van der Waals surface area contributed by atoms with Crippen molar-refractivity contribution < 1.29 is 4.92 Å². The largest absolute Gasteiger partial charge is 0.399 e. The zero-order chi connectivity index (χ0) is 15.7. The van der Waals surface area contributed by atoms with E-state index in [9.17, 15) is 10.1 Å². The number of nitrogens with zero attached hydrogens (tertiary/aromatic N) is 4. The average molecular weight is 316 g/mol. The normalized spacial score (nSPS) is 10.6. The lowest BCUT2D eigenvalue weighted by Gasteiger charge is -2.03. The standard InChI is InChI=1S/C14H10ClN5O2/c15-12-7-10(16)4-5-14(12)19-8-13(17-18-19)9-2-1-3-11(6-9)20(21)22/h1-8H,16H2. The number of anilines is 1. The number of nitrogens with two attached hydrogens (primary N) is 1. The first kappa shape index (κ1) is 14.0. The number of non-ortho nitro benzene ring substituents is 1. The zero-order valence-electron chi connectivity index (χ0n) is 11.2. The summed E-state index contributed by atoms with van der Waals surface area (Å²) in [6.07, 6.45) is 1.65. The molecular formula is C14H10ClN5O2. The molecule has 0 spiro atoms. The highest BCUT2D eigenvalue weighted by Gasteiger charge is 2.11. The first-order valence-corrected chi connectivity index (χ1v) is 6.65. The van der Waals surface area contributed by atoms with E-state index in [1.54, 1.807) is 36.5 Å². The third kappa shape index (κ3) is 2.61. The first-order chi connectivity index (χ1) is 10.5. The second-order valence-electron chi connectivity index (χ2n) is 4.57. The van der Waals surface area contributed by atoms with Gasteiger partial charge in [0.1, 0.15) is 5.69 Å². The second kappa shape index (κ2) is 5.45. The summed E-state index contributed by atoms with van der Waals surface area (Å²) in [6, 6.07) is 11.2. The van der Waals surface area contributed by atoms with Gasteiger partial charge in [0.2, 0.25) is 0 Å². The van der Waals surface area contributed by atoms with Crippen molar-refractivity contribution in [3.63, 3.8) is 0 Å². The Morgan fingerprint density at radius 2 is 2.05 bits per heavy atom. The number of nitro benzene ring substituents is 1. The minimum atomic E-state index is -0.454. The van der Waals surface area contributed by atoms with Gasteiger partial charge in [0, 0.05) is 23.4 Å². The summed E-state index contributed by atoms with van der Waals surface area (Å²) in [5.74, 6) is 0. The van der Waals surface area contributed by atoms with Crippen LogP contribution in [0.25, 0.3) is 16.9 Å². The van der Waals surface area contributed by atoms with E-state index in [0.29, 0.717) is 27.7 Å². The van der Waals surface area contributed by atoms with E-state index < -0.39 is 4.92 Å². The molecule has 0 unspecified atom stereocenters. The van der Waals surface area contributed by atoms with Crippen LogP contribution >= 0.6 is 11.6 Å². The predicted octanol–water partition coefficient (Wildman–Crippen LogP) is 3.08. The molecule has 110 valence electrons. The Hall–Kier alpha value is -2.93. The predicted molar refractivity (Wildman–Crippen MR) is 82.9 cm³/mol. The fourth-order valence-corrected chi connectivity index (χ4v) is 2.28. The van der Waals surface area contributed by atoms with E-state index in [2.05, 4.69) is 10.3 Å². The Bertz CT molecular complexity index is 862. The smallest absolute Gasteiger partial charge is 0.270 e. The number of benzene rings is 2. The number of nitrogen functional groups attached to an aromatic ring is 1. The molecule has 0 saturated carbocycles. The summed E-state index contributed by atoms with van der Waals surface area (Å²) in [4.78, 5) is 10.4. The number of nitro groups is 1. The molecule has 22 heavy (non-hydrogen) atoms. The van der Waals surface area contributed by atoms with Gasteiger partial charge in [0.15, 0.2) is 0 Å². The van der Waals surface area contributed by atoms with Crippen LogP contribution in [0.1, 0.15) is 0 Å². The molecule has 0 atom stereocenters. The molecule has 1 aromatic heterocycles. The second-order valence-corrected chi connectivity index (χ2v) is 4.97. The highest BCUT2D eigenvalue weighted by Crippen LogP contribution is 2.25. The number of halogens is 1. The Labute approximate surface area is 130 Å². The molecule has 2 N–H and O–H groups in total. The molecule has 0 bridgehead atoms. The van der Waals surface area contributed by atoms with Crippen LogP contribution in [0.3, 0.4) is 0 Å². The maximum Gasteiger partial charge on any atom is 0.270 e. The van der Waals surface area contributed by atoms with Crippen LogP contribution in [0.2, 0.25) is 5.02 Å². The Morgan fingerprint density at radius 3 is 2.77 bits per heavy atom. The van der Waals surface area contributed by atoms with Gasteiger partial charge in [-0.2, -0.15) is 0 Å². The van der Waals surface area contributed by atoms with Gasteiger partial charge in [0.25, 0.3) is 5.69 Å². The lowest BCUT2D eigenvalue weighted by Crippen LogP contribution is -1.96. The fraction of sp³-hybridized carbons (Fsp3) is 0. The van der Waals surface area contributed by atoms with Gasteiger partial charge in [-0.05, 0) is 18.2 Å². The summed E-state index contributed by atoms with van der Waals surface area (Å²) >= 11 is 6.13. The van der Waals surface area contributed by atoms with Crippen molar-refractivity contribution in [3.05, 3.63) is 63.8 Å². The van der Waals surface area contributed by atoms with E-state index in [4.69, 9.17) is 17.3 Å². The highest BCUT2D eigenvalue weighted by molar-refractivity contribution is 6.32. The molecule has 1 heterocycles. The zero-order valence-corrected chi connectivity index (χ0v) is 11.9. The molecule has 3 aromatic rings. The molecule has 2 aromatic carbocycles. The summed E-state index contributed by atoms with van der Waals surface area (Å²) < 4.78 is 1.50. The van der Waals surface area contributed by atoms with Gasteiger partial charge >= 0.3 is 0 Å². The molecule has 0 aliphatic rings. The van der Waals surface area contributed by atoms with Gasteiger partial charge in [-0.25, -0.2) is 4.68 Å². The third-order valence-electron chi connectivity index (χ3n) is 3.06. The monoisotopic (exact) mass is 315 g/mol. The van der Waals surface area contributed by atoms with Gasteiger partial charge in [-0.15, -0.1) is 5.10 Å². The number of rotatable bonds is 3. The molecule has 0 fully saturated rings. The summed E-state index contributed by atoms with van der Waals surface area (Å²) in [6.45, 7) is 0. The van der Waals surface area contributed by atoms with E-state index in [-0.39, 0.29) is 5.69 Å². The van der Waals surface area contributed by atoms with Crippen LogP contribution < -0.4 is 5.73 Å². The fourth-order valence-electron chi connectivity index (χ4n) is 2.00. The van der Waals surface area contributed by atoms with E-state index in [0.717, 1.165) is 0 Å².